The fraction of sp³-hybridized carbons (Fsp3) is 0.333. The molecular formula is C15H15F4NS. The molecule has 1 unspecified atom stereocenters. The molecule has 0 saturated carbocycles. The number of alkyl halides is 3. The van der Waals surface area contributed by atoms with Crippen LogP contribution in [0.15, 0.2) is 35.0 Å². The topological polar surface area (TPSA) is 12.0 Å². The molecule has 0 aliphatic rings. The molecule has 1 nitrogen and oxygen atoms in total. The van der Waals surface area contributed by atoms with Crippen LogP contribution >= 0.6 is 11.3 Å². The molecule has 0 spiro atoms. The first kappa shape index (κ1) is 16.0. The Morgan fingerprint density at radius 2 is 2.00 bits per heavy atom. The Balaban J connectivity index is 2.36. The molecule has 0 amide bonds. The second-order valence-corrected chi connectivity index (χ2v) is 5.43. The summed E-state index contributed by atoms with van der Waals surface area (Å²) in [4.78, 5) is 0. The van der Waals surface area contributed by atoms with Crippen LogP contribution in [0, 0.1) is 5.82 Å². The van der Waals surface area contributed by atoms with Crippen molar-refractivity contribution in [2.75, 3.05) is 6.54 Å². The van der Waals surface area contributed by atoms with Gasteiger partial charge in [0, 0.05) is 11.6 Å². The molecule has 2 aromatic rings. The highest BCUT2D eigenvalue weighted by molar-refractivity contribution is 7.07. The standard InChI is InChI=1S/C15H15F4NS/c1-2-20-13(8-10-6-7-21-9-10)11-4-3-5-12(14(11)16)15(17,18)19/h3-7,9,13,20H,2,8H2,1H3. The highest BCUT2D eigenvalue weighted by atomic mass is 32.1. The lowest BCUT2D eigenvalue weighted by atomic mass is 9.97. The van der Waals surface area contributed by atoms with E-state index in [2.05, 4.69) is 5.32 Å². The summed E-state index contributed by atoms with van der Waals surface area (Å²) in [6.45, 7) is 2.39. The van der Waals surface area contributed by atoms with Gasteiger partial charge in [0.1, 0.15) is 5.82 Å². The van der Waals surface area contributed by atoms with Gasteiger partial charge < -0.3 is 5.32 Å². The highest BCUT2D eigenvalue weighted by Crippen LogP contribution is 2.34. The minimum atomic E-state index is -4.68. The number of hydrogen-bond donors (Lipinski definition) is 1. The molecule has 2 rings (SSSR count). The Bertz CT molecular complexity index is 578. The maximum absolute atomic E-state index is 14.2. The maximum atomic E-state index is 14.2. The lowest BCUT2D eigenvalue weighted by molar-refractivity contribution is -0.140. The lowest BCUT2D eigenvalue weighted by Gasteiger charge is -2.20. The van der Waals surface area contributed by atoms with Gasteiger partial charge in [0.25, 0.3) is 0 Å². The van der Waals surface area contributed by atoms with Gasteiger partial charge in [-0.1, -0.05) is 19.1 Å². The van der Waals surface area contributed by atoms with Crippen LogP contribution in [0.2, 0.25) is 0 Å². The van der Waals surface area contributed by atoms with E-state index in [1.165, 1.54) is 23.5 Å². The van der Waals surface area contributed by atoms with E-state index in [0.717, 1.165) is 11.6 Å². The zero-order chi connectivity index (χ0) is 15.5. The van der Waals surface area contributed by atoms with Crippen molar-refractivity contribution in [1.82, 2.24) is 5.32 Å². The Morgan fingerprint density at radius 3 is 2.57 bits per heavy atom. The van der Waals surface area contributed by atoms with Crippen molar-refractivity contribution >= 4 is 11.3 Å². The first-order valence-corrected chi connectivity index (χ1v) is 7.47. The summed E-state index contributed by atoms with van der Waals surface area (Å²) >= 11 is 1.50. The van der Waals surface area contributed by atoms with Gasteiger partial charge in [0.2, 0.25) is 0 Å². The third kappa shape index (κ3) is 3.83. The largest absolute Gasteiger partial charge is 0.419 e. The molecule has 0 radical (unpaired) electrons. The zero-order valence-corrected chi connectivity index (χ0v) is 12.2. The number of halogens is 4. The van der Waals surface area contributed by atoms with E-state index in [9.17, 15) is 17.6 Å². The molecule has 0 bridgehead atoms. The summed E-state index contributed by atoms with van der Waals surface area (Å²) in [5.74, 6) is -1.19. The Kier molecular flexibility index (Phi) is 5.00. The smallest absolute Gasteiger partial charge is 0.310 e. The average Bonchev–Trinajstić information content (AvgIpc) is 2.90. The molecule has 0 saturated heterocycles. The number of thiophene rings is 1. The number of likely N-dealkylation sites (N-methyl/N-ethyl adjacent to an activating group) is 1. The van der Waals surface area contributed by atoms with Crippen molar-refractivity contribution < 1.29 is 17.6 Å². The van der Waals surface area contributed by atoms with Crippen LogP contribution in [0.1, 0.15) is 29.7 Å². The zero-order valence-electron chi connectivity index (χ0n) is 11.4. The van der Waals surface area contributed by atoms with Gasteiger partial charge in [-0.25, -0.2) is 4.39 Å². The van der Waals surface area contributed by atoms with Crippen LogP contribution in [0.5, 0.6) is 0 Å². The van der Waals surface area contributed by atoms with Crippen molar-refractivity contribution in [1.29, 1.82) is 0 Å². The predicted molar refractivity (Wildman–Crippen MR) is 75.8 cm³/mol. The van der Waals surface area contributed by atoms with Gasteiger partial charge in [-0.15, -0.1) is 0 Å². The quantitative estimate of drug-likeness (QED) is 0.781. The SMILES string of the molecule is CCNC(Cc1ccsc1)c1cccc(C(F)(F)F)c1F. The molecular weight excluding hydrogens is 302 g/mol. The number of nitrogens with one attached hydrogen (secondary N) is 1. The van der Waals surface area contributed by atoms with E-state index < -0.39 is 23.6 Å². The van der Waals surface area contributed by atoms with Crippen LogP contribution in [0.4, 0.5) is 17.6 Å². The molecule has 1 N–H and O–H groups in total. The van der Waals surface area contributed by atoms with Gasteiger partial charge in [-0.2, -0.15) is 24.5 Å². The summed E-state index contributed by atoms with van der Waals surface area (Å²) in [6.07, 6.45) is -4.23. The van der Waals surface area contributed by atoms with E-state index in [-0.39, 0.29) is 5.56 Å². The molecule has 1 heterocycles. The monoisotopic (exact) mass is 317 g/mol. The summed E-state index contributed by atoms with van der Waals surface area (Å²) < 4.78 is 52.6. The van der Waals surface area contributed by atoms with E-state index in [0.29, 0.717) is 13.0 Å². The fourth-order valence-corrected chi connectivity index (χ4v) is 2.90. The van der Waals surface area contributed by atoms with E-state index in [1.807, 2.05) is 23.8 Å². The number of hydrogen-bond acceptors (Lipinski definition) is 2. The maximum Gasteiger partial charge on any atom is 0.419 e. The normalized spacial score (nSPS) is 13.4. The highest BCUT2D eigenvalue weighted by Gasteiger charge is 2.35. The average molecular weight is 317 g/mol. The van der Waals surface area contributed by atoms with Crippen LogP contribution in [0.3, 0.4) is 0 Å². The minimum Gasteiger partial charge on any atom is -0.310 e. The second kappa shape index (κ2) is 6.58. The summed E-state index contributed by atoms with van der Waals surface area (Å²) in [5.41, 5.74) is -0.186. The molecule has 0 aliphatic carbocycles. The lowest BCUT2D eigenvalue weighted by Crippen LogP contribution is -2.25. The van der Waals surface area contributed by atoms with Gasteiger partial charge in [0.05, 0.1) is 5.56 Å². The fourth-order valence-electron chi connectivity index (χ4n) is 2.22. The predicted octanol–water partition coefficient (Wildman–Crippen LogP) is 4.80. The van der Waals surface area contributed by atoms with Crippen LogP contribution in [0.25, 0.3) is 0 Å². The summed E-state index contributed by atoms with van der Waals surface area (Å²) in [7, 11) is 0. The molecule has 21 heavy (non-hydrogen) atoms. The van der Waals surface area contributed by atoms with Crippen molar-refractivity contribution in [2.24, 2.45) is 0 Å². The Hall–Kier alpha value is -1.40. The third-order valence-corrected chi connectivity index (χ3v) is 3.91. The number of rotatable bonds is 5. The van der Waals surface area contributed by atoms with Gasteiger partial charge >= 0.3 is 6.18 Å². The molecule has 114 valence electrons. The Labute approximate surface area is 124 Å². The van der Waals surface area contributed by atoms with Crippen LogP contribution in [-0.4, -0.2) is 6.54 Å². The third-order valence-electron chi connectivity index (χ3n) is 3.18. The first-order chi connectivity index (χ1) is 9.93. The molecule has 1 aromatic heterocycles. The summed E-state index contributed by atoms with van der Waals surface area (Å²) in [5, 5.41) is 6.86. The van der Waals surface area contributed by atoms with Gasteiger partial charge in [-0.05, 0) is 41.4 Å². The molecule has 0 fully saturated rings. The van der Waals surface area contributed by atoms with Crippen molar-refractivity contribution in [2.45, 2.75) is 25.6 Å². The molecule has 0 aliphatic heterocycles. The minimum absolute atomic E-state index is 0.0536. The van der Waals surface area contributed by atoms with Crippen molar-refractivity contribution in [3.05, 3.63) is 57.5 Å². The van der Waals surface area contributed by atoms with E-state index >= 15 is 0 Å². The van der Waals surface area contributed by atoms with E-state index in [1.54, 1.807) is 0 Å². The van der Waals surface area contributed by atoms with Crippen LogP contribution < -0.4 is 5.32 Å². The summed E-state index contributed by atoms with van der Waals surface area (Å²) in [6, 6.07) is 4.84. The van der Waals surface area contributed by atoms with Crippen LogP contribution in [-0.2, 0) is 12.6 Å². The van der Waals surface area contributed by atoms with E-state index in [4.69, 9.17) is 0 Å². The van der Waals surface area contributed by atoms with Gasteiger partial charge in [0.15, 0.2) is 0 Å². The van der Waals surface area contributed by atoms with Gasteiger partial charge in [-0.3, -0.25) is 0 Å². The molecule has 1 aromatic carbocycles. The first-order valence-electron chi connectivity index (χ1n) is 6.53. The molecule has 6 heteroatoms. The second-order valence-electron chi connectivity index (χ2n) is 4.65. The molecule has 1 atom stereocenters. The van der Waals surface area contributed by atoms with Crippen molar-refractivity contribution in [3.63, 3.8) is 0 Å². The van der Waals surface area contributed by atoms with Crippen molar-refractivity contribution in [3.8, 4) is 0 Å². The Morgan fingerprint density at radius 1 is 1.24 bits per heavy atom. The number of benzene rings is 1.